The van der Waals surface area contributed by atoms with Gasteiger partial charge in [0.25, 0.3) is 5.91 Å². The van der Waals surface area contributed by atoms with Crippen molar-refractivity contribution in [2.45, 2.75) is 33.2 Å². The van der Waals surface area contributed by atoms with Gasteiger partial charge in [0.2, 0.25) is 0 Å². The normalized spacial score (nSPS) is 12.4. The van der Waals surface area contributed by atoms with E-state index in [1.54, 1.807) is 24.4 Å². The van der Waals surface area contributed by atoms with E-state index in [1.807, 2.05) is 6.92 Å². The van der Waals surface area contributed by atoms with Gasteiger partial charge in [0, 0.05) is 18.5 Å². The van der Waals surface area contributed by atoms with Gasteiger partial charge in [-0.1, -0.05) is 23.4 Å². The van der Waals surface area contributed by atoms with Gasteiger partial charge in [-0.3, -0.25) is 4.79 Å². The van der Waals surface area contributed by atoms with Crippen LogP contribution in [0.5, 0.6) is 0 Å². The topological polar surface area (TPSA) is 64.2 Å². The largest absolute Gasteiger partial charge is 0.350 e. The molecule has 6 nitrogen and oxygen atoms in total. The van der Waals surface area contributed by atoms with Crippen molar-refractivity contribution in [3.63, 3.8) is 0 Å². The summed E-state index contributed by atoms with van der Waals surface area (Å²) >= 11 is 0. The highest BCUT2D eigenvalue weighted by molar-refractivity contribution is 5.91. The lowest BCUT2D eigenvalue weighted by atomic mass is 10.1. The Morgan fingerprint density at radius 1 is 1.32 bits per heavy atom. The highest BCUT2D eigenvalue weighted by Crippen LogP contribution is 2.19. The van der Waals surface area contributed by atoms with Crippen molar-refractivity contribution in [2.24, 2.45) is 0 Å². The van der Waals surface area contributed by atoms with E-state index in [-0.39, 0.29) is 23.5 Å². The van der Waals surface area contributed by atoms with Crippen LogP contribution in [0.4, 0.5) is 4.39 Å². The molecule has 7 heteroatoms. The van der Waals surface area contributed by atoms with Crippen LogP contribution in [0.15, 0.2) is 30.5 Å². The molecule has 2 aromatic rings. The molecule has 0 saturated heterocycles. The van der Waals surface area contributed by atoms with Crippen LogP contribution in [0.1, 0.15) is 49.3 Å². The number of nitrogens with one attached hydrogen (secondary N) is 2. The number of rotatable bonds is 9. The molecule has 0 aliphatic carbocycles. The van der Waals surface area contributed by atoms with Crippen LogP contribution < -0.4 is 10.2 Å². The molecule has 1 aromatic carbocycles. The van der Waals surface area contributed by atoms with Crippen LogP contribution in [-0.2, 0) is 0 Å². The number of quaternary nitrogens is 1. The molecule has 0 fully saturated rings. The van der Waals surface area contributed by atoms with Crippen LogP contribution in [0.3, 0.4) is 0 Å². The molecule has 0 radical (unpaired) electrons. The van der Waals surface area contributed by atoms with Gasteiger partial charge in [-0.05, 0) is 26.8 Å². The first kappa shape index (κ1) is 19.1. The van der Waals surface area contributed by atoms with Gasteiger partial charge in [0.1, 0.15) is 5.82 Å². The summed E-state index contributed by atoms with van der Waals surface area (Å²) in [7, 11) is 0. The predicted octanol–water partition coefficient (Wildman–Crippen LogP) is 1.07. The number of hydrogen-bond acceptors (Lipinski definition) is 3. The molecule has 25 heavy (non-hydrogen) atoms. The van der Waals surface area contributed by atoms with Crippen LogP contribution in [-0.4, -0.2) is 47.1 Å². The average Bonchev–Trinajstić information content (AvgIpc) is 3.12. The molecule has 0 aliphatic rings. The first-order valence-corrected chi connectivity index (χ1v) is 8.84. The second-order valence-corrected chi connectivity index (χ2v) is 6.10. The second kappa shape index (κ2) is 9.27. The molecule has 1 aromatic heterocycles. The highest BCUT2D eigenvalue weighted by Gasteiger charge is 2.17. The van der Waals surface area contributed by atoms with E-state index in [0.717, 1.165) is 26.1 Å². The number of amides is 1. The zero-order valence-corrected chi connectivity index (χ0v) is 15.1. The van der Waals surface area contributed by atoms with Crippen molar-refractivity contribution in [1.82, 2.24) is 20.3 Å². The first-order chi connectivity index (χ1) is 12.1. The molecule has 136 valence electrons. The lowest BCUT2D eigenvalue weighted by Gasteiger charge is -2.14. The molecule has 0 bridgehead atoms. The first-order valence-electron chi connectivity index (χ1n) is 8.84. The number of carbonyl (C=O) groups excluding carboxylic acids is 1. The van der Waals surface area contributed by atoms with Gasteiger partial charge >= 0.3 is 0 Å². The number of hydrogen-bond donors (Lipinski definition) is 2. The molecule has 1 heterocycles. The van der Waals surface area contributed by atoms with Gasteiger partial charge in [0.05, 0.1) is 31.9 Å². The number of aromatic nitrogens is 3. The van der Waals surface area contributed by atoms with Crippen LogP contribution in [0.25, 0.3) is 0 Å². The van der Waals surface area contributed by atoms with E-state index in [0.29, 0.717) is 12.1 Å². The molecule has 0 spiro atoms. The molecule has 1 amide bonds. The quantitative estimate of drug-likeness (QED) is 0.667. The summed E-state index contributed by atoms with van der Waals surface area (Å²) in [6, 6.07) is 6.20. The molecular weight excluding hydrogens is 321 g/mol. The minimum Gasteiger partial charge on any atom is -0.350 e. The third kappa shape index (κ3) is 5.09. The van der Waals surface area contributed by atoms with E-state index in [4.69, 9.17) is 0 Å². The monoisotopic (exact) mass is 348 g/mol. The van der Waals surface area contributed by atoms with Crippen LogP contribution in [0.2, 0.25) is 0 Å². The van der Waals surface area contributed by atoms with Crippen LogP contribution >= 0.6 is 0 Å². The van der Waals surface area contributed by atoms with Crippen molar-refractivity contribution >= 4 is 5.91 Å². The van der Waals surface area contributed by atoms with Crippen molar-refractivity contribution < 1.29 is 14.1 Å². The Kier molecular flexibility index (Phi) is 7.06. The molecule has 1 atom stereocenters. The lowest BCUT2D eigenvalue weighted by molar-refractivity contribution is -0.896. The van der Waals surface area contributed by atoms with Gasteiger partial charge < -0.3 is 10.2 Å². The minimum absolute atomic E-state index is 0.248. The Balaban J connectivity index is 1.90. The fourth-order valence-electron chi connectivity index (χ4n) is 2.76. The SMILES string of the molecule is CC[NH+](CC)CCCNC(=O)c1cn([C@@H](C)c2ccccc2F)nn1. The summed E-state index contributed by atoms with van der Waals surface area (Å²) in [6.07, 6.45) is 2.48. The van der Waals surface area contributed by atoms with E-state index in [2.05, 4.69) is 29.5 Å². The Bertz CT molecular complexity index is 684. The number of benzene rings is 1. The van der Waals surface area contributed by atoms with Crippen molar-refractivity contribution in [3.8, 4) is 0 Å². The second-order valence-electron chi connectivity index (χ2n) is 6.10. The lowest BCUT2D eigenvalue weighted by Crippen LogP contribution is -3.11. The van der Waals surface area contributed by atoms with E-state index in [9.17, 15) is 9.18 Å². The van der Waals surface area contributed by atoms with Gasteiger partial charge in [-0.2, -0.15) is 0 Å². The molecule has 2 N–H and O–H groups in total. The van der Waals surface area contributed by atoms with Gasteiger partial charge in [-0.25, -0.2) is 9.07 Å². The number of carbonyl (C=O) groups is 1. The fourth-order valence-corrected chi connectivity index (χ4v) is 2.76. The summed E-state index contributed by atoms with van der Waals surface area (Å²) in [5, 5.41) is 10.7. The summed E-state index contributed by atoms with van der Waals surface area (Å²) in [4.78, 5) is 13.7. The Hall–Kier alpha value is -2.28. The third-order valence-corrected chi connectivity index (χ3v) is 4.49. The zero-order chi connectivity index (χ0) is 18.2. The summed E-state index contributed by atoms with van der Waals surface area (Å²) in [5.41, 5.74) is 0.764. The molecule has 0 saturated carbocycles. The third-order valence-electron chi connectivity index (χ3n) is 4.49. The molecule has 0 aliphatic heterocycles. The van der Waals surface area contributed by atoms with Crippen molar-refractivity contribution in [3.05, 3.63) is 47.5 Å². The predicted molar refractivity (Wildman–Crippen MR) is 94.1 cm³/mol. The number of nitrogens with zero attached hydrogens (tertiary/aromatic N) is 3. The standard InChI is InChI=1S/C18H26FN5O/c1-4-23(5-2)12-8-11-20-18(25)17-13-24(22-21-17)14(3)15-9-6-7-10-16(15)19/h6-7,9-10,13-14H,4-5,8,11-12H2,1-3H3,(H,20,25)/p+1/t14-/m0/s1. The van der Waals surface area contributed by atoms with Crippen LogP contribution in [0, 0.1) is 5.82 Å². The molecule has 0 unspecified atom stereocenters. The maximum absolute atomic E-state index is 13.9. The zero-order valence-electron chi connectivity index (χ0n) is 15.1. The highest BCUT2D eigenvalue weighted by atomic mass is 19.1. The smallest absolute Gasteiger partial charge is 0.273 e. The summed E-state index contributed by atoms with van der Waals surface area (Å²) < 4.78 is 15.4. The number of halogens is 1. The maximum Gasteiger partial charge on any atom is 0.273 e. The Labute approximate surface area is 148 Å². The van der Waals surface area contributed by atoms with Crippen molar-refractivity contribution in [2.75, 3.05) is 26.2 Å². The van der Waals surface area contributed by atoms with E-state index >= 15 is 0 Å². The Morgan fingerprint density at radius 2 is 2.04 bits per heavy atom. The maximum atomic E-state index is 13.9. The van der Waals surface area contributed by atoms with E-state index < -0.39 is 0 Å². The van der Waals surface area contributed by atoms with Gasteiger partial charge in [-0.15, -0.1) is 5.10 Å². The summed E-state index contributed by atoms with van der Waals surface area (Å²) in [5.74, 6) is -0.545. The average molecular weight is 348 g/mol. The van der Waals surface area contributed by atoms with E-state index in [1.165, 1.54) is 15.6 Å². The molecular formula is C18H27FN5O+. The minimum atomic E-state index is -0.332. The molecule has 2 rings (SSSR count). The summed E-state index contributed by atoms with van der Waals surface area (Å²) in [6.45, 7) is 9.96. The van der Waals surface area contributed by atoms with Gasteiger partial charge in [0.15, 0.2) is 5.69 Å². The van der Waals surface area contributed by atoms with Crippen molar-refractivity contribution in [1.29, 1.82) is 0 Å². The Morgan fingerprint density at radius 3 is 2.72 bits per heavy atom. The fraction of sp³-hybridized carbons (Fsp3) is 0.500.